The Morgan fingerprint density at radius 3 is 2.38 bits per heavy atom. The van der Waals surface area contributed by atoms with Crippen LogP contribution in [0.4, 0.5) is 4.39 Å². The zero-order chi connectivity index (χ0) is 24.7. The van der Waals surface area contributed by atoms with Crippen LogP contribution in [-0.4, -0.2) is 73.0 Å². The van der Waals surface area contributed by atoms with Crippen LogP contribution in [0.3, 0.4) is 0 Å². The first kappa shape index (κ1) is 26.1. The summed E-state index contributed by atoms with van der Waals surface area (Å²) in [6.45, 7) is 2.95. The van der Waals surface area contributed by atoms with Gasteiger partial charge in [0.2, 0.25) is 5.91 Å². The van der Waals surface area contributed by atoms with Gasteiger partial charge in [-0.3, -0.25) is 14.4 Å². The molecule has 3 rings (SSSR count). The van der Waals surface area contributed by atoms with Crippen molar-refractivity contribution >= 4 is 17.7 Å². The number of hydrogen-bond acceptors (Lipinski definition) is 4. The number of piperidine rings is 1. The van der Waals surface area contributed by atoms with Crippen LogP contribution in [0, 0.1) is 5.82 Å². The summed E-state index contributed by atoms with van der Waals surface area (Å²) in [5, 5.41) is 2.86. The van der Waals surface area contributed by atoms with Gasteiger partial charge in [-0.05, 0) is 68.6 Å². The standard InChI is InChI=1S/C26H38FN3O4/c1-4-6-24(31)30-16-5-7-22(28-25(32)26(33)29(2)3)23(30)17-34-21-14-10-19(11-15-21)18-8-12-20(27)13-9-18/h8-9,12-13,19,21-23H,4-7,10-11,14-17H2,1-3H3,(H,28,32). The van der Waals surface area contributed by atoms with E-state index in [1.165, 1.54) is 17.0 Å². The number of benzene rings is 1. The maximum absolute atomic E-state index is 13.2. The van der Waals surface area contributed by atoms with Gasteiger partial charge >= 0.3 is 11.8 Å². The normalized spacial score (nSPS) is 25.0. The van der Waals surface area contributed by atoms with Crippen LogP contribution < -0.4 is 5.32 Å². The molecule has 2 atom stereocenters. The van der Waals surface area contributed by atoms with Crippen LogP contribution in [0.15, 0.2) is 24.3 Å². The lowest BCUT2D eigenvalue weighted by atomic mass is 9.82. The summed E-state index contributed by atoms with van der Waals surface area (Å²) in [6.07, 6.45) is 6.50. The van der Waals surface area contributed by atoms with Crippen LogP contribution in [0.2, 0.25) is 0 Å². The lowest BCUT2D eigenvalue weighted by Gasteiger charge is -2.42. The average molecular weight is 476 g/mol. The molecular formula is C26H38FN3O4. The molecular weight excluding hydrogens is 437 g/mol. The summed E-state index contributed by atoms with van der Waals surface area (Å²) in [5.74, 6) is -0.999. The third kappa shape index (κ3) is 6.78. The van der Waals surface area contributed by atoms with E-state index in [2.05, 4.69) is 5.32 Å². The first-order valence-electron chi connectivity index (χ1n) is 12.5. The molecule has 2 unspecified atom stereocenters. The van der Waals surface area contributed by atoms with Gasteiger partial charge in [0.1, 0.15) is 5.82 Å². The maximum atomic E-state index is 13.2. The summed E-state index contributed by atoms with van der Waals surface area (Å²) >= 11 is 0. The number of hydrogen-bond donors (Lipinski definition) is 1. The fraction of sp³-hybridized carbons (Fsp3) is 0.654. The number of rotatable bonds is 7. The van der Waals surface area contributed by atoms with Gasteiger partial charge < -0.3 is 19.9 Å². The summed E-state index contributed by atoms with van der Waals surface area (Å²) in [5.41, 5.74) is 1.16. The average Bonchev–Trinajstić information content (AvgIpc) is 2.83. The summed E-state index contributed by atoms with van der Waals surface area (Å²) in [6, 6.07) is 6.14. The Hall–Kier alpha value is -2.48. The molecule has 0 spiro atoms. The molecule has 2 aliphatic rings. The summed E-state index contributed by atoms with van der Waals surface area (Å²) in [7, 11) is 3.09. The highest BCUT2D eigenvalue weighted by Gasteiger charge is 2.37. The summed E-state index contributed by atoms with van der Waals surface area (Å²) in [4.78, 5) is 40.4. The monoisotopic (exact) mass is 475 g/mol. The molecule has 1 aliphatic carbocycles. The number of amides is 3. The molecule has 1 aromatic rings. The number of carbonyl (C=O) groups is 3. The minimum absolute atomic E-state index is 0.0639. The molecule has 1 N–H and O–H groups in total. The molecule has 1 saturated heterocycles. The topological polar surface area (TPSA) is 79.0 Å². The Balaban J connectivity index is 1.61. The predicted molar refractivity (Wildman–Crippen MR) is 128 cm³/mol. The van der Waals surface area contributed by atoms with E-state index in [1.54, 1.807) is 14.1 Å². The predicted octanol–water partition coefficient (Wildman–Crippen LogP) is 3.23. The van der Waals surface area contributed by atoms with E-state index in [0.29, 0.717) is 31.9 Å². The van der Waals surface area contributed by atoms with E-state index in [-0.39, 0.29) is 29.9 Å². The van der Waals surface area contributed by atoms with Gasteiger partial charge in [0.25, 0.3) is 0 Å². The van der Waals surface area contributed by atoms with Crippen LogP contribution in [-0.2, 0) is 19.1 Å². The molecule has 188 valence electrons. The molecule has 1 heterocycles. The third-order valence-corrected chi connectivity index (χ3v) is 7.00. The highest BCUT2D eigenvalue weighted by atomic mass is 19.1. The Morgan fingerprint density at radius 2 is 1.76 bits per heavy atom. The fourth-order valence-electron chi connectivity index (χ4n) is 5.06. The van der Waals surface area contributed by atoms with E-state index in [0.717, 1.165) is 44.1 Å². The van der Waals surface area contributed by atoms with Crippen molar-refractivity contribution in [2.75, 3.05) is 27.2 Å². The second kappa shape index (κ2) is 12.3. The molecule has 8 heteroatoms. The quantitative estimate of drug-likeness (QED) is 0.614. The minimum Gasteiger partial charge on any atom is -0.376 e. The number of nitrogens with one attached hydrogen (secondary N) is 1. The Kier molecular flexibility index (Phi) is 9.45. The van der Waals surface area contributed by atoms with Crippen molar-refractivity contribution in [2.45, 2.75) is 82.4 Å². The molecule has 34 heavy (non-hydrogen) atoms. The molecule has 7 nitrogen and oxygen atoms in total. The number of likely N-dealkylation sites (N-methyl/N-ethyl adjacent to an activating group) is 1. The van der Waals surface area contributed by atoms with Crippen molar-refractivity contribution in [3.63, 3.8) is 0 Å². The largest absolute Gasteiger partial charge is 0.376 e. The Morgan fingerprint density at radius 1 is 1.09 bits per heavy atom. The van der Waals surface area contributed by atoms with Gasteiger partial charge in [0.15, 0.2) is 0 Å². The van der Waals surface area contributed by atoms with Gasteiger partial charge in [-0.2, -0.15) is 0 Å². The second-order valence-corrected chi connectivity index (χ2v) is 9.68. The smallest absolute Gasteiger partial charge is 0.311 e. The van der Waals surface area contributed by atoms with Crippen LogP contribution >= 0.6 is 0 Å². The van der Waals surface area contributed by atoms with E-state index in [4.69, 9.17) is 4.74 Å². The van der Waals surface area contributed by atoms with Gasteiger partial charge in [-0.25, -0.2) is 4.39 Å². The molecule has 1 aromatic carbocycles. The van der Waals surface area contributed by atoms with Gasteiger partial charge in [-0.1, -0.05) is 19.1 Å². The maximum Gasteiger partial charge on any atom is 0.311 e. The first-order valence-corrected chi connectivity index (χ1v) is 12.5. The number of carbonyl (C=O) groups excluding carboxylic acids is 3. The van der Waals surface area contributed by atoms with E-state index in [1.807, 2.05) is 24.0 Å². The molecule has 3 amide bonds. The second-order valence-electron chi connectivity index (χ2n) is 9.68. The fourth-order valence-corrected chi connectivity index (χ4v) is 5.06. The van der Waals surface area contributed by atoms with E-state index >= 15 is 0 Å². The first-order chi connectivity index (χ1) is 16.3. The molecule has 1 aliphatic heterocycles. The molecule has 0 bridgehead atoms. The number of ether oxygens (including phenoxy) is 1. The zero-order valence-corrected chi connectivity index (χ0v) is 20.6. The van der Waals surface area contributed by atoms with Crippen molar-refractivity contribution in [1.82, 2.24) is 15.1 Å². The lowest BCUT2D eigenvalue weighted by Crippen LogP contribution is -2.60. The minimum atomic E-state index is -0.649. The van der Waals surface area contributed by atoms with Gasteiger partial charge in [0, 0.05) is 27.1 Å². The number of nitrogens with zero attached hydrogens (tertiary/aromatic N) is 2. The molecule has 0 aromatic heterocycles. The third-order valence-electron chi connectivity index (χ3n) is 7.00. The zero-order valence-electron chi connectivity index (χ0n) is 20.6. The van der Waals surface area contributed by atoms with Gasteiger partial charge in [0.05, 0.1) is 24.8 Å². The highest BCUT2D eigenvalue weighted by Crippen LogP contribution is 2.34. The lowest BCUT2D eigenvalue weighted by molar-refractivity contribution is -0.146. The number of halogens is 1. The summed E-state index contributed by atoms with van der Waals surface area (Å²) < 4.78 is 19.5. The molecule has 1 saturated carbocycles. The van der Waals surface area contributed by atoms with Gasteiger partial charge in [-0.15, -0.1) is 0 Å². The van der Waals surface area contributed by atoms with Crippen LogP contribution in [0.1, 0.15) is 69.8 Å². The molecule has 2 fully saturated rings. The van der Waals surface area contributed by atoms with Crippen molar-refractivity contribution in [3.8, 4) is 0 Å². The van der Waals surface area contributed by atoms with E-state index in [9.17, 15) is 18.8 Å². The molecule has 0 radical (unpaired) electrons. The Bertz CT molecular complexity index is 837. The number of likely N-dealkylation sites (tertiary alicyclic amines) is 1. The van der Waals surface area contributed by atoms with Crippen molar-refractivity contribution < 1.29 is 23.5 Å². The van der Waals surface area contributed by atoms with Crippen molar-refractivity contribution in [3.05, 3.63) is 35.6 Å². The van der Waals surface area contributed by atoms with Crippen LogP contribution in [0.5, 0.6) is 0 Å². The van der Waals surface area contributed by atoms with Crippen molar-refractivity contribution in [1.29, 1.82) is 0 Å². The van der Waals surface area contributed by atoms with Crippen molar-refractivity contribution in [2.24, 2.45) is 0 Å². The Labute approximate surface area is 202 Å². The highest BCUT2D eigenvalue weighted by molar-refractivity contribution is 6.34. The SMILES string of the molecule is CCCC(=O)N1CCCC(NC(=O)C(=O)N(C)C)C1COC1CCC(c2ccc(F)cc2)CC1. The van der Waals surface area contributed by atoms with E-state index < -0.39 is 11.8 Å². The van der Waals surface area contributed by atoms with Crippen LogP contribution in [0.25, 0.3) is 0 Å².